The van der Waals surface area contributed by atoms with Crippen LogP contribution in [0.25, 0.3) is 0 Å². The van der Waals surface area contributed by atoms with Crippen LogP contribution in [0.1, 0.15) is 303 Å². The minimum absolute atomic E-state index is 0.0789. The highest BCUT2D eigenvalue weighted by molar-refractivity contribution is 5.77. The van der Waals surface area contributed by atoms with Crippen molar-refractivity contribution in [2.45, 2.75) is 322 Å². The van der Waals surface area contributed by atoms with Gasteiger partial charge in [0.2, 0.25) is 5.91 Å². The molecule has 0 saturated carbocycles. The number of aliphatic hydroxyl groups is 2. The van der Waals surface area contributed by atoms with Crippen LogP contribution in [-0.2, 0) is 14.3 Å². The van der Waals surface area contributed by atoms with E-state index in [2.05, 4.69) is 50.4 Å². The average Bonchev–Trinajstić information content (AvgIpc) is 3.28. The van der Waals surface area contributed by atoms with Crippen molar-refractivity contribution < 1.29 is 24.5 Å². The van der Waals surface area contributed by atoms with E-state index in [0.29, 0.717) is 19.3 Å². The second-order valence-electron chi connectivity index (χ2n) is 19.4. The number of allylic oxidation sites excluding steroid dienone is 4. The Hall–Kier alpha value is -1.66. The molecule has 372 valence electrons. The van der Waals surface area contributed by atoms with Crippen molar-refractivity contribution in [2.24, 2.45) is 0 Å². The van der Waals surface area contributed by atoms with Crippen LogP contribution in [0.3, 0.4) is 0 Å². The van der Waals surface area contributed by atoms with Crippen molar-refractivity contribution >= 4 is 11.9 Å². The maximum Gasteiger partial charge on any atom is 0.306 e. The van der Waals surface area contributed by atoms with E-state index < -0.39 is 18.2 Å². The van der Waals surface area contributed by atoms with Crippen molar-refractivity contribution in [1.82, 2.24) is 5.32 Å². The first kappa shape index (κ1) is 61.3. The highest BCUT2D eigenvalue weighted by Crippen LogP contribution is 2.19. The molecule has 1 amide bonds. The quantitative estimate of drug-likeness (QED) is 0.0321. The van der Waals surface area contributed by atoms with Crippen molar-refractivity contribution in [1.29, 1.82) is 0 Å². The average molecular weight is 889 g/mol. The largest absolute Gasteiger partial charge is 0.462 e. The Morgan fingerprint density at radius 3 is 1.21 bits per heavy atom. The highest BCUT2D eigenvalue weighted by atomic mass is 16.5. The molecule has 0 rings (SSSR count). The normalized spacial score (nSPS) is 13.3. The molecule has 0 heterocycles. The summed E-state index contributed by atoms with van der Waals surface area (Å²) in [6.07, 6.45) is 59.5. The van der Waals surface area contributed by atoms with E-state index in [9.17, 15) is 19.8 Å². The van der Waals surface area contributed by atoms with Gasteiger partial charge in [-0.2, -0.15) is 0 Å². The molecule has 6 heteroatoms. The maximum absolute atomic E-state index is 13.2. The number of esters is 1. The van der Waals surface area contributed by atoms with E-state index in [1.807, 2.05) is 0 Å². The molecule has 0 aliphatic carbocycles. The van der Waals surface area contributed by atoms with Crippen molar-refractivity contribution in [3.63, 3.8) is 0 Å². The molecule has 0 spiro atoms. The van der Waals surface area contributed by atoms with E-state index in [4.69, 9.17) is 4.74 Å². The predicted octanol–water partition coefficient (Wildman–Crippen LogP) is 17.1. The lowest BCUT2D eigenvalue weighted by molar-refractivity contribution is -0.151. The zero-order chi connectivity index (χ0) is 45.9. The smallest absolute Gasteiger partial charge is 0.306 e. The van der Waals surface area contributed by atoms with Gasteiger partial charge in [-0.1, -0.05) is 263 Å². The third kappa shape index (κ3) is 46.7. The number of aliphatic hydroxyl groups excluding tert-OH is 2. The number of ether oxygens (including phenoxy) is 1. The molecule has 0 fully saturated rings. The van der Waals surface area contributed by atoms with Gasteiger partial charge in [0.15, 0.2) is 0 Å². The minimum atomic E-state index is -0.785. The number of carbonyl (C=O) groups excluding carboxylic acids is 2. The van der Waals surface area contributed by atoms with Crippen LogP contribution in [0, 0.1) is 0 Å². The summed E-state index contributed by atoms with van der Waals surface area (Å²) in [5.74, 6) is -0.469. The summed E-state index contributed by atoms with van der Waals surface area (Å²) in [6, 6.07) is -0.699. The summed E-state index contributed by atoms with van der Waals surface area (Å²) < 4.78 is 5.96. The van der Waals surface area contributed by atoms with E-state index in [-0.39, 0.29) is 24.9 Å². The second kappa shape index (κ2) is 51.3. The molecule has 0 aromatic carbocycles. The van der Waals surface area contributed by atoms with E-state index >= 15 is 0 Å². The standard InChI is InChI=1S/C57H109NO5/c1-4-7-10-13-16-19-22-25-27-28-30-31-33-36-39-42-45-48-53(63-57(62)50-47-44-41-38-35-32-29-26-23-20-17-14-11-8-5-2)51-56(61)58-54(52-59)55(60)49-46-43-40-37-34-24-21-18-15-12-9-6-3/h17,20,23,26,53-55,59-60H,4-16,18-19,21-22,24-25,27-52H2,1-3H3,(H,58,61)/b20-17+,26-23+. The van der Waals surface area contributed by atoms with E-state index in [0.717, 1.165) is 51.4 Å². The van der Waals surface area contributed by atoms with Crippen LogP contribution in [0.5, 0.6) is 0 Å². The first-order chi connectivity index (χ1) is 31.0. The Bertz CT molecular complexity index is 997. The van der Waals surface area contributed by atoms with Crippen LogP contribution in [0.15, 0.2) is 24.3 Å². The lowest BCUT2D eigenvalue weighted by Gasteiger charge is -2.24. The van der Waals surface area contributed by atoms with Crippen LogP contribution in [-0.4, -0.2) is 46.9 Å². The molecule has 0 radical (unpaired) electrons. The number of hydrogen-bond acceptors (Lipinski definition) is 5. The fourth-order valence-corrected chi connectivity index (χ4v) is 8.78. The van der Waals surface area contributed by atoms with Gasteiger partial charge in [0, 0.05) is 6.42 Å². The molecule has 63 heavy (non-hydrogen) atoms. The summed E-state index contributed by atoms with van der Waals surface area (Å²) in [6.45, 7) is 6.48. The molecular weight excluding hydrogens is 779 g/mol. The first-order valence-electron chi connectivity index (χ1n) is 28.1. The molecular formula is C57H109NO5. The second-order valence-corrected chi connectivity index (χ2v) is 19.4. The van der Waals surface area contributed by atoms with Crippen LogP contribution in [0.2, 0.25) is 0 Å². The van der Waals surface area contributed by atoms with E-state index in [1.54, 1.807) is 0 Å². The van der Waals surface area contributed by atoms with Gasteiger partial charge < -0.3 is 20.3 Å². The van der Waals surface area contributed by atoms with Gasteiger partial charge in [-0.05, 0) is 51.4 Å². The lowest BCUT2D eigenvalue weighted by Crippen LogP contribution is -2.46. The maximum atomic E-state index is 13.2. The fourth-order valence-electron chi connectivity index (χ4n) is 8.78. The monoisotopic (exact) mass is 888 g/mol. The lowest BCUT2D eigenvalue weighted by atomic mass is 10.0. The Kier molecular flexibility index (Phi) is 50.0. The summed E-state index contributed by atoms with van der Waals surface area (Å²) in [5.41, 5.74) is 0. The number of nitrogens with one attached hydrogen (secondary N) is 1. The molecule has 3 atom stereocenters. The van der Waals surface area contributed by atoms with Gasteiger partial charge in [-0.3, -0.25) is 9.59 Å². The van der Waals surface area contributed by atoms with Gasteiger partial charge in [0.1, 0.15) is 6.10 Å². The van der Waals surface area contributed by atoms with Crippen molar-refractivity contribution in [3.8, 4) is 0 Å². The fraction of sp³-hybridized carbons (Fsp3) is 0.895. The summed E-state index contributed by atoms with van der Waals surface area (Å²) in [4.78, 5) is 26.2. The molecule has 0 aromatic heterocycles. The van der Waals surface area contributed by atoms with E-state index in [1.165, 1.54) is 205 Å². The third-order valence-electron chi connectivity index (χ3n) is 13.1. The Morgan fingerprint density at radius 1 is 0.460 bits per heavy atom. The summed E-state index contributed by atoms with van der Waals surface area (Å²) in [7, 11) is 0. The van der Waals surface area contributed by atoms with Gasteiger partial charge in [0.05, 0.1) is 25.2 Å². The molecule has 0 aliphatic heterocycles. The van der Waals surface area contributed by atoms with Crippen molar-refractivity contribution in [3.05, 3.63) is 24.3 Å². The molecule has 0 aromatic rings. The Morgan fingerprint density at radius 2 is 0.794 bits per heavy atom. The number of amides is 1. The number of hydrogen-bond donors (Lipinski definition) is 3. The molecule has 0 bridgehead atoms. The summed E-state index contributed by atoms with van der Waals surface area (Å²) >= 11 is 0. The molecule has 0 saturated heterocycles. The van der Waals surface area contributed by atoms with Crippen LogP contribution in [0.4, 0.5) is 0 Å². The minimum Gasteiger partial charge on any atom is -0.462 e. The Labute approximate surface area is 392 Å². The first-order valence-corrected chi connectivity index (χ1v) is 28.1. The van der Waals surface area contributed by atoms with Crippen molar-refractivity contribution in [2.75, 3.05) is 6.61 Å². The zero-order valence-electron chi connectivity index (χ0n) is 42.5. The predicted molar refractivity (Wildman–Crippen MR) is 273 cm³/mol. The molecule has 6 nitrogen and oxygen atoms in total. The van der Waals surface area contributed by atoms with Gasteiger partial charge in [-0.25, -0.2) is 0 Å². The molecule has 3 unspecified atom stereocenters. The third-order valence-corrected chi connectivity index (χ3v) is 13.1. The topological polar surface area (TPSA) is 95.9 Å². The van der Waals surface area contributed by atoms with Crippen LogP contribution < -0.4 is 5.32 Å². The van der Waals surface area contributed by atoms with Gasteiger partial charge >= 0.3 is 5.97 Å². The number of unbranched alkanes of at least 4 members (excludes halogenated alkanes) is 36. The Balaban J connectivity index is 4.55. The molecule has 3 N–H and O–H groups in total. The number of carbonyl (C=O) groups is 2. The van der Waals surface area contributed by atoms with Gasteiger partial charge in [0.25, 0.3) is 0 Å². The highest BCUT2D eigenvalue weighted by Gasteiger charge is 2.24. The SMILES string of the molecule is CCCCC/C=C/C=C/CCCCCCCCC(=O)OC(CCCCCCCCCCCCCCCCCCC)CC(=O)NC(CO)C(O)CCCCCCCCCCCCCC. The number of rotatable bonds is 51. The molecule has 0 aliphatic rings. The summed E-state index contributed by atoms with van der Waals surface area (Å²) in [5, 5.41) is 23.8. The van der Waals surface area contributed by atoms with Gasteiger partial charge in [-0.15, -0.1) is 0 Å². The van der Waals surface area contributed by atoms with Crippen LogP contribution >= 0.6 is 0 Å². The zero-order valence-corrected chi connectivity index (χ0v) is 42.5.